The molecule has 0 N–H and O–H groups in total. The van der Waals surface area contributed by atoms with E-state index >= 15 is 0 Å². The molecule has 0 amide bonds. The highest BCUT2D eigenvalue weighted by molar-refractivity contribution is 7.95. The molecule has 1 heterocycles. The molecule has 2 aromatic carbocycles. The van der Waals surface area contributed by atoms with Crippen molar-refractivity contribution >= 4 is 15.9 Å². The SMILES string of the molecule is COc1ccc(OCC2=Cc3cc(C)ccc3S2(=O)=O)cc1. The smallest absolute Gasteiger partial charge is 0.206 e. The molecule has 0 radical (unpaired) electrons. The molecule has 1 aliphatic rings. The van der Waals surface area contributed by atoms with E-state index in [0.29, 0.717) is 10.6 Å². The van der Waals surface area contributed by atoms with Crippen LogP contribution in [-0.2, 0) is 9.84 Å². The van der Waals surface area contributed by atoms with Gasteiger partial charge in [0.25, 0.3) is 0 Å². The van der Waals surface area contributed by atoms with Gasteiger partial charge in [0.1, 0.15) is 18.1 Å². The zero-order valence-electron chi connectivity index (χ0n) is 12.4. The Morgan fingerprint density at radius 3 is 2.36 bits per heavy atom. The molecule has 5 heteroatoms. The molecule has 0 fully saturated rings. The maximum Gasteiger partial charge on any atom is 0.206 e. The number of fused-ring (bicyclic) bond motifs is 1. The van der Waals surface area contributed by atoms with Crippen LogP contribution >= 0.6 is 0 Å². The fraction of sp³-hybridized carbons (Fsp3) is 0.176. The van der Waals surface area contributed by atoms with Gasteiger partial charge in [-0.25, -0.2) is 8.42 Å². The third kappa shape index (κ3) is 2.60. The number of sulfone groups is 1. The second-order valence-electron chi connectivity index (χ2n) is 5.12. The van der Waals surface area contributed by atoms with Crippen molar-refractivity contribution in [1.82, 2.24) is 0 Å². The van der Waals surface area contributed by atoms with Crippen LogP contribution in [0.2, 0.25) is 0 Å². The minimum absolute atomic E-state index is 0.0163. The first-order valence-corrected chi connectivity index (χ1v) is 8.32. The fourth-order valence-electron chi connectivity index (χ4n) is 2.36. The molecule has 0 saturated heterocycles. The molecule has 4 nitrogen and oxygen atoms in total. The van der Waals surface area contributed by atoms with Crippen LogP contribution in [-0.4, -0.2) is 22.1 Å². The highest BCUT2D eigenvalue weighted by Gasteiger charge is 2.29. The molecule has 0 aliphatic carbocycles. The Balaban J connectivity index is 1.80. The Morgan fingerprint density at radius 2 is 1.68 bits per heavy atom. The highest BCUT2D eigenvalue weighted by atomic mass is 32.2. The number of aryl methyl sites for hydroxylation is 1. The Morgan fingerprint density at radius 1 is 1.00 bits per heavy atom. The lowest BCUT2D eigenvalue weighted by atomic mass is 10.1. The minimum atomic E-state index is -3.43. The van der Waals surface area contributed by atoms with Gasteiger partial charge in [0.05, 0.1) is 16.9 Å². The first-order chi connectivity index (χ1) is 10.5. The van der Waals surface area contributed by atoms with Crippen LogP contribution in [0.25, 0.3) is 6.08 Å². The lowest BCUT2D eigenvalue weighted by Gasteiger charge is -2.08. The number of hydrogen-bond acceptors (Lipinski definition) is 4. The molecule has 0 bridgehead atoms. The minimum Gasteiger partial charge on any atom is -0.497 e. The van der Waals surface area contributed by atoms with Crippen molar-refractivity contribution in [3.05, 3.63) is 58.5 Å². The van der Waals surface area contributed by atoms with Gasteiger partial charge in [0.2, 0.25) is 9.84 Å². The van der Waals surface area contributed by atoms with Crippen molar-refractivity contribution in [3.8, 4) is 11.5 Å². The number of benzene rings is 2. The standard InChI is InChI=1S/C17H16O4S/c1-12-3-8-17-13(9-12)10-16(22(17,18)19)11-21-15-6-4-14(20-2)5-7-15/h3-10H,11H2,1-2H3. The van der Waals surface area contributed by atoms with E-state index in [9.17, 15) is 8.42 Å². The van der Waals surface area contributed by atoms with E-state index in [1.54, 1.807) is 49.6 Å². The predicted molar refractivity (Wildman–Crippen MR) is 84.8 cm³/mol. The van der Waals surface area contributed by atoms with E-state index in [2.05, 4.69) is 0 Å². The average molecular weight is 316 g/mol. The van der Waals surface area contributed by atoms with Crippen molar-refractivity contribution in [2.75, 3.05) is 13.7 Å². The largest absolute Gasteiger partial charge is 0.497 e. The molecule has 114 valence electrons. The third-order valence-corrected chi connectivity index (χ3v) is 5.43. The summed E-state index contributed by atoms with van der Waals surface area (Å²) in [6.07, 6.45) is 1.68. The Bertz CT molecular complexity index is 833. The molecule has 0 unspecified atom stereocenters. The quantitative estimate of drug-likeness (QED) is 0.869. The topological polar surface area (TPSA) is 52.6 Å². The summed E-state index contributed by atoms with van der Waals surface area (Å²) in [7, 11) is -1.85. The van der Waals surface area contributed by atoms with Gasteiger partial charge in [-0.2, -0.15) is 0 Å². The predicted octanol–water partition coefficient (Wildman–Crippen LogP) is 3.21. The highest BCUT2D eigenvalue weighted by Crippen LogP contribution is 2.33. The van der Waals surface area contributed by atoms with Crippen LogP contribution < -0.4 is 9.47 Å². The summed E-state index contributed by atoms with van der Waals surface area (Å²) in [6, 6.07) is 12.4. The van der Waals surface area contributed by atoms with Crippen molar-refractivity contribution < 1.29 is 17.9 Å². The molecular formula is C17H16O4S. The molecule has 2 aromatic rings. The lowest BCUT2D eigenvalue weighted by molar-refractivity contribution is 0.357. The van der Waals surface area contributed by atoms with Crippen LogP contribution in [0.4, 0.5) is 0 Å². The van der Waals surface area contributed by atoms with Crippen LogP contribution in [0.5, 0.6) is 11.5 Å². The number of hydrogen-bond donors (Lipinski definition) is 0. The fourth-order valence-corrected chi connectivity index (χ4v) is 3.82. The van der Waals surface area contributed by atoms with Crippen molar-refractivity contribution in [1.29, 1.82) is 0 Å². The second kappa shape index (κ2) is 5.50. The first-order valence-electron chi connectivity index (χ1n) is 6.84. The summed E-state index contributed by atoms with van der Waals surface area (Å²) < 4.78 is 35.6. The van der Waals surface area contributed by atoms with Gasteiger partial charge >= 0.3 is 0 Å². The summed E-state index contributed by atoms with van der Waals surface area (Å²) in [5, 5.41) is 0. The summed E-state index contributed by atoms with van der Waals surface area (Å²) >= 11 is 0. The van der Waals surface area contributed by atoms with Crippen LogP contribution in [0.15, 0.2) is 52.3 Å². The normalized spacial score (nSPS) is 15.1. The average Bonchev–Trinajstić information content (AvgIpc) is 2.75. The van der Waals surface area contributed by atoms with Gasteiger partial charge in [0.15, 0.2) is 0 Å². The van der Waals surface area contributed by atoms with Crippen LogP contribution in [0.1, 0.15) is 11.1 Å². The maximum atomic E-state index is 12.4. The lowest BCUT2D eigenvalue weighted by Crippen LogP contribution is -2.09. The summed E-state index contributed by atoms with van der Waals surface area (Å²) in [6.45, 7) is 1.95. The summed E-state index contributed by atoms with van der Waals surface area (Å²) in [5.41, 5.74) is 1.76. The van der Waals surface area contributed by atoms with Gasteiger partial charge in [0, 0.05) is 0 Å². The van der Waals surface area contributed by atoms with Crippen molar-refractivity contribution in [2.24, 2.45) is 0 Å². The Hall–Kier alpha value is -2.27. The molecule has 22 heavy (non-hydrogen) atoms. The van der Waals surface area contributed by atoms with Crippen LogP contribution in [0.3, 0.4) is 0 Å². The number of rotatable bonds is 4. The molecule has 0 saturated carbocycles. The van der Waals surface area contributed by atoms with E-state index in [-0.39, 0.29) is 11.5 Å². The summed E-state index contributed by atoms with van der Waals surface area (Å²) in [4.78, 5) is 0.635. The molecule has 0 atom stereocenters. The van der Waals surface area contributed by atoms with E-state index in [1.807, 2.05) is 13.0 Å². The molecule has 3 rings (SSSR count). The van der Waals surface area contributed by atoms with Gasteiger partial charge < -0.3 is 9.47 Å². The van der Waals surface area contributed by atoms with Gasteiger partial charge in [-0.3, -0.25) is 0 Å². The first kappa shape index (κ1) is 14.7. The van der Waals surface area contributed by atoms with Gasteiger partial charge in [-0.1, -0.05) is 17.7 Å². The zero-order chi connectivity index (χ0) is 15.7. The Kier molecular flexibility index (Phi) is 3.66. The summed E-state index contributed by atoms with van der Waals surface area (Å²) in [5.74, 6) is 1.33. The molecule has 0 spiro atoms. The van der Waals surface area contributed by atoms with Gasteiger partial charge in [-0.05, 0) is 48.9 Å². The molecule has 0 aromatic heterocycles. The van der Waals surface area contributed by atoms with Crippen molar-refractivity contribution in [3.63, 3.8) is 0 Å². The second-order valence-corrected chi connectivity index (χ2v) is 7.09. The number of methoxy groups -OCH3 is 1. The zero-order valence-corrected chi connectivity index (χ0v) is 13.2. The van der Waals surface area contributed by atoms with Crippen LogP contribution in [0, 0.1) is 6.92 Å². The monoisotopic (exact) mass is 316 g/mol. The molecule has 1 aliphatic heterocycles. The number of ether oxygens (including phenoxy) is 2. The molecular weight excluding hydrogens is 300 g/mol. The van der Waals surface area contributed by atoms with Gasteiger partial charge in [-0.15, -0.1) is 0 Å². The van der Waals surface area contributed by atoms with E-state index < -0.39 is 9.84 Å². The van der Waals surface area contributed by atoms with E-state index in [4.69, 9.17) is 9.47 Å². The van der Waals surface area contributed by atoms with E-state index in [0.717, 1.165) is 16.9 Å². The van der Waals surface area contributed by atoms with Crippen molar-refractivity contribution in [2.45, 2.75) is 11.8 Å². The maximum absolute atomic E-state index is 12.4. The Labute approximate surface area is 129 Å². The van der Waals surface area contributed by atoms with E-state index in [1.165, 1.54) is 0 Å². The third-order valence-electron chi connectivity index (χ3n) is 3.56.